The van der Waals surface area contributed by atoms with E-state index >= 15 is 0 Å². The van der Waals surface area contributed by atoms with Crippen LogP contribution in [0.1, 0.15) is 47.3 Å². The van der Waals surface area contributed by atoms with Crippen LogP contribution in [-0.4, -0.2) is 84.6 Å². The van der Waals surface area contributed by atoms with Gasteiger partial charge in [-0.1, -0.05) is 42.1 Å². The van der Waals surface area contributed by atoms with E-state index in [0.717, 1.165) is 57.1 Å². The lowest BCUT2D eigenvalue weighted by molar-refractivity contribution is -0.149. The number of thioether (sulfide) groups is 1. The van der Waals surface area contributed by atoms with Gasteiger partial charge in [0.15, 0.2) is 10.9 Å². The third-order valence-corrected chi connectivity index (χ3v) is 8.40. The first-order valence-electron chi connectivity index (χ1n) is 14.6. The summed E-state index contributed by atoms with van der Waals surface area (Å²) in [5.41, 5.74) is 2.15. The molecule has 0 spiro atoms. The van der Waals surface area contributed by atoms with Gasteiger partial charge in [0.2, 0.25) is 0 Å². The molecule has 0 unspecified atom stereocenters. The van der Waals surface area contributed by atoms with E-state index in [1.807, 2.05) is 18.2 Å². The number of hydrogen-bond acceptors (Lipinski definition) is 10. The maximum Gasteiger partial charge on any atom is 0.310 e. The van der Waals surface area contributed by atoms with Crippen LogP contribution in [0.3, 0.4) is 0 Å². The summed E-state index contributed by atoms with van der Waals surface area (Å²) in [6, 6.07) is 16.1. The van der Waals surface area contributed by atoms with E-state index in [2.05, 4.69) is 39.0 Å². The van der Waals surface area contributed by atoms with Crippen molar-refractivity contribution in [2.75, 3.05) is 57.9 Å². The van der Waals surface area contributed by atoms with Crippen molar-refractivity contribution in [2.24, 2.45) is 5.92 Å². The number of likely N-dealkylation sites (tertiary alicyclic amines) is 1. The van der Waals surface area contributed by atoms with Crippen LogP contribution in [0, 0.1) is 5.92 Å². The summed E-state index contributed by atoms with van der Waals surface area (Å²) in [4.78, 5) is 41.3. The Bertz CT molecular complexity index is 1330. The summed E-state index contributed by atoms with van der Waals surface area (Å²) >= 11 is 1.47. The molecule has 0 bridgehead atoms. The lowest BCUT2D eigenvalue weighted by atomic mass is 9.98. The first-order chi connectivity index (χ1) is 20.5. The summed E-state index contributed by atoms with van der Waals surface area (Å²) in [6.45, 7) is 8.13. The number of benzene rings is 1. The van der Waals surface area contributed by atoms with Gasteiger partial charge in [-0.05, 0) is 37.5 Å². The molecule has 224 valence electrons. The molecule has 3 aromatic rings. The van der Waals surface area contributed by atoms with Crippen LogP contribution in [0.2, 0.25) is 0 Å². The second-order valence-corrected chi connectivity index (χ2v) is 11.5. The van der Waals surface area contributed by atoms with Gasteiger partial charge in [-0.2, -0.15) is 0 Å². The smallest absolute Gasteiger partial charge is 0.310 e. The highest BCUT2D eigenvalue weighted by atomic mass is 32.2. The molecular weight excluding hydrogens is 554 g/mol. The molecule has 1 atom stereocenters. The number of anilines is 1. The number of nitrogens with zero attached hydrogens (tertiary/aromatic N) is 5. The van der Waals surface area contributed by atoms with Crippen LogP contribution in [0.15, 0.2) is 58.1 Å². The minimum Gasteiger partial charge on any atom is -0.466 e. The number of hydrogen-bond donors (Lipinski definition) is 0. The molecule has 2 aliphatic rings. The quantitative estimate of drug-likeness (QED) is 0.182. The lowest BCUT2D eigenvalue weighted by Gasteiger charge is -2.35. The number of rotatable bonds is 11. The molecule has 0 saturated carbocycles. The van der Waals surface area contributed by atoms with E-state index in [4.69, 9.17) is 18.9 Å². The number of methoxy groups -OCH3 is 1. The van der Waals surface area contributed by atoms with Gasteiger partial charge < -0.3 is 23.7 Å². The summed E-state index contributed by atoms with van der Waals surface area (Å²) in [7, 11) is 1.66. The summed E-state index contributed by atoms with van der Waals surface area (Å²) in [5, 5.41) is 0.642. The number of piperidine rings is 1. The molecule has 4 heterocycles. The van der Waals surface area contributed by atoms with Gasteiger partial charge in [-0.15, -0.1) is 0 Å². The van der Waals surface area contributed by atoms with Crippen molar-refractivity contribution in [3.63, 3.8) is 0 Å². The van der Waals surface area contributed by atoms with Crippen molar-refractivity contribution in [1.29, 1.82) is 0 Å². The fraction of sp³-hybridized carbons (Fsp3) is 0.484. The average molecular weight is 594 g/mol. The summed E-state index contributed by atoms with van der Waals surface area (Å²) in [5.74, 6) is 1.60. The van der Waals surface area contributed by atoms with Crippen molar-refractivity contribution in [3.8, 4) is 0 Å². The van der Waals surface area contributed by atoms with Gasteiger partial charge in [0, 0.05) is 59.0 Å². The molecule has 5 rings (SSSR count). The van der Waals surface area contributed by atoms with Crippen LogP contribution in [0.5, 0.6) is 0 Å². The van der Waals surface area contributed by atoms with Gasteiger partial charge in [-0.3, -0.25) is 14.5 Å². The van der Waals surface area contributed by atoms with Crippen LogP contribution < -0.4 is 4.90 Å². The molecular formula is C31H39N5O5S. The Balaban J connectivity index is 1.18. The van der Waals surface area contributed by atoms with Gasteiger partial charge in [-0.25, -0.2) is 9.97 Å². The second-order valence-electron chi connectivity index (χ2n) is 10.6. The van der Waals surface area contributed by atoms with Crippen LogP contribution in [-0.2, 0) is 33.2 Å². The standard InChI is InChI=1S/C31H39N5O5S/c1-3-40-30(38)24-10-7-13-36(20-24)29(37)27-12-11-26(41-27)22-42-31-32-25(21-39-2)18-28(33-31)35-16-14-34(15-17-35)19-23-8-5-4-6-9-23/h4-6,8-9,11-12,18,24H,3,7,10,13-17,19-22H2,1-2H3/t24-/m1/s1. The summed E-state index contributed by atoms with van der Waals surface area (Å²) < 4.78 is 16.5. The molecule has 1 aromatic carbocycles. The Hall–Kier alpha value is -3.41. The topological polar surface area (TPSA) is 101 Å². The molecule has 2 aliphatic heterocycles. The summed E-state index contributed by atoms with van der Waals surface area (Å²) in [6.07, 6.45) is 1.49. The molecule has 0 aliphatic carbocycles. The normalized spacial score (nSPS) is 17.8. The van der Waals surface area contributed by atoms with E-state index in [0.29, 0.717) is 43.0 Å². The van der Waals surface area contributed by atoms with Crippen molar-refractivity contribution in [2.45, 2.75) is 43.8 Å². The highest BCUT2D eigenvalue weighted by molar-refractivity contribution is 7.98. The zero-order chi connectivity index (χ0) is 29.3. The zero-order valence-corrected chi connectivity index (χ0v) is 25.2. The van der Waals surface area contributed by atoms with Crippen LogP contribution in [0.25, 0.3) is 0 Å². The molecule has 0 radical (unpaired) electrons. The van der Waals surface area contributed by atoms with Crippen molar-refractivity contribution in [3.05, 3.63) is 71.3 Å². The molecule has 2 fully saturated rings. The Kier molecular flexibility index (Phi) is 10.5. The zero-order valence-electron chi connectivity index (χ0n) is 24.4. The van der Waals surface area contributed by atoms with E-state index < -0.39 is 0 Å². The minimum atomic E-state index is -0.287. The number of carbonyl (C=O) groups excluding carboxylic acids is 2. The first kappa shape index (κ1) is 30.1. The fourth-order valence-corrected chi connectivity index (χ4v) is 6.13. The number of esters is 1. The molecule has 2 saturated heterocycles. The molecule has 2 aromatic heterocycles. The van der Waals surface area contributed by atoms with Crippen molar-refractivity contribution in [1.82, 2.24) is 19.8 Å². The lowest BCUT2D eigenvalue weighted by Crippen LogP contribution is -2.46. The maximum absolute atomic E-state index is 13.1. The third kappa shape index (κ3) is 7.90. The van der Waals surface area contributed by atoms with E-state index in [1.165, 1.54) is 17.3 Å². The molecule has 11 heteroatoms. The minimum absolute atomic E-state index is 0.202. The SMILES string of the molecule is CCOC(=O)[C@@H]1CCCN(C(=O)c2ccc(CSc3nc(COC)cc(N4CCN(Cc5ccccc5)CC4)n3)o2)C1. The van der Waals surface area contributed by atoms with Crippen LogP contribution in [0.4, 0.5) is 5.82 Å². The van der Waals surface area contributed by atoms with Gasteiger partial charge in [0.25, 0.3) is 5.91 Å². The number of furan rings is 1. The van der Waals surface area contributed by atoms with Gasteiger partial charge in [0.05, 0.1) is 30.6 Å². The van der Waals surface area contributed by atoms with Crippen molar-refractivity contribution < 1.29 is 23.5 Å². The van der Waals surface area contributed by atoms with E-state index in [1.54, 1.807) is 25.0 Å². The Morgan fingerprint density at radius 1 is 1.05 bits per heavy atom. The third-order valence-electron chi connectivity index (χ3n) is 7.53. The monoisotopic (exact) mass is 593 g/mol. The second kappa shape index (κ2) is 14.7. The van der Waals surface area contributed by atoms with E-state index in [-0.39, 0.29) is 23.6 Å². The van der Waals surface area contributed by atoms with Gasteiger partial charge >= 0.3 is 5.97 Å². The first-order valence-corrected chi connectivity index (χ1v) is 15.6. The Morgan fingerprint density at radius 2 is 1.86 bits per heavy atom. The molecule has 1 amide bonds. The molecule has 10 nitrogen and oxygen atoms in total. The largest absolute Gasteiger partial charge is 0.466 e. The highest BCUT2D eigenvalue weighted by Crippen LogP contribution is 2.26. The number of amides is 1. The Labute approximate surface area is 251 Å². The van der Waals surface area contributed by atoms with Crippen molar-refractivity contribution >= 4 is 29.5 Å². The van der Waals surface area contributed by atoms with Crippen LogP contribution >= 0.6 is 11.8 Å². The van der Waals surface area contributed by atoms with E-state index in [9.17, 15) is 9.59 Å². The predicted octanol–water partition coefficient (Wildman–Crippen LogP) is 4.25. The number of carbonyl (C=O) groups is 2. The predicted molar refractivity (Wildman–Crippen MR) is 160 cm³/mol. The fourth-order valence-electron chi connectivity index (χ4n) is 5.36. The number of piperazine rings is 1. The highest BCUT2D eigenvalue weighted by Gasteiger charge is 2.31. The number of aromatic nitrogens is 2. The number of ether oxygens (including phenoxy) is 2. The maximum atomic E-state index is 13.1. The Morgan fingerprint density at radius 3 is 2.62 bits per heavy atom. The molecule has 42 heavy (non-hydrogen) atoms. The average Bonchev–Trinajstić information content (AvgIpc) is 3.50. The van der Waals surface area contributed by atoms with Gasteiger partial charge in [0.1, 0.15) is 11.6 Å². The molecule has 0 N–H and O–H groups in total.